The zero-order valence-corrected chi connectivity index (χ0v) is 6.83. The van der Waals surface area contributed by atoms with Crippen molar-refractivity contribution in [1.82, 2.24) is 0 Å². The van der Waals surface area contributed by atoms with Crippen molar-refractivity contribution in [2.75, 3.05) is 6.61 Å². The standard InChI is InChI=1S/C7H14O4/c1-3-4-5-11-6(8)7(2,9)10/h9-10H,3-5H2,1-2H3. The Bertz CT molecular complexity index is 125. The van der Waals surface area contributed by atoms with Gasteiger partial charge in [-0.2, -0.15) is 0 Å². The van der Waals surface area contributed by atoms with Gasteiger partial charge in [0.25, 0.3) is 5.79 Å². The SMILES string of the molecule is CCCCOC(=O)C(C)(O)O. The molecule has 0 fully saturated rings. The molecule has 0 saturated heterocycles. The number of ether oxygens (including phenoxy) is 1. The van der Waals surface area contributed by atoms with Gasteiger partial charge >= 0.3 is 5.97 Å². The van der Waals surface area contributed by atoms with Crippen molar-refractivity contribution in [2.24, 2.45) is 0 Å². The molecule has 0 bridgehead atoms. The molecular formula is C7H14O4. The second-order valence-corrected chi connectivity index (χ2v) is 2.51. The van der Waals surface area contributed by atoms with E-state index in [2.05, 4.69) is 4.74 Å². The molecule has 0 aromatic heterocycles. The topological polar surface area (TPSA) is 66.8 Å². The number of carbonyl (C=O) groups excluding carboxylic acids is 1. The zero-order chi connectivity index (χ0) is 8.91. The minimum absolute atomic E-state index is 0.242. The predicted molar refractivity (Wildman–Crippen MR) is 38.7 cm³/mol. The summed E-state index contributed by atoms with van der Waals surface area (Å²) < 4.78 is 4.51. The fourth-order valence-corrected chi connectivity index (χ4v) is 0.446. The summed E-state index contributed by atoms with van der Waals surface area (Å²) in [4.78, 5) is 10.6. The molecule has 0 rings (SSSR count). The number of carbonyl (C=O) groups is 1. The fraction of sp³-hybridized carbons (Fsp3) is 0.857. The molecule has 4 heteroatoms. The van der Waals surface area contributed by atoms with Crippen LogP contribution in [0.25, 0.3) is 0 Å². The summed E-state index contributed by atoms with van der Waals surface area (Å²) in [6.45, 7) is 3.16. The molecule has 0 amide bonds. The Morgan fingerprint density at radius 2 is 2.09 bits per heavy atom. The Kier molecular flexibility index (Phi) is 4.07. The van der Waals surface area contributed by atoms with E-state index >= 15 is 0 Å². The van der Waals surface area contributed by atoms with Gasteiger partial charge < -0.3 is 14.9 Å². The molecule has 0 unspecified atom stereocenters. The molecule has 0 aliphatic heterocycles. The molecule has 2 N–H and O–H groups in total. The Morgan fingerprint density at radius 3 is 2.45 bits per heavy atom. The summed E-state index contributed by atoms with van der Waals surface area (Å²) in [7, 11) is 0. The minimum Gasteiger partial charge on any atom is -0.462 e. The van der Waals surface area contributed by atoms with E-state index in [0.717, 1.165) is 19.8 Å². The number of aliphatic hydroxyl groups is 2. The number of unbranched alkanes of at least 4 members (excludes halogenated alkanes) is 1. The van der Waals surface area contributed by atoms with Gasteiger partial charge in [-0.3, -0.25) is 0 Å². The molecule has 0 aliphatic rings. The summed E-state index contributed by atoms with van der Waals surface area (Å²) in [5.74, 6) is -3.35. The first-order valence-corrected chi connectivity index (χ1v) is 3.60. The normalized spacial score (nSPS) is 11.3. The van der Waals surface area contributed by atoms with Gasteiger partial charge in [-0.05, 0) is 6.42 Å². The lowest BCUT2D eigenvalue weighted by atomic mass is 10.3. The third kappa shape index (κ3) is 4.75. The fourth-order valence-electron chi connectivity index (χ4n) is 0.446. The van der Waals surface area contributed by atoms with E-state index < -0.39 is 11.8 Å². The molecule has 0 aliphatic carbocycles. The maximum atomic E-state index is 10.6. The van der Waals surface area contributed by atoms with Crippen LogP contribution in [-0.2, 0) is 9.53 Å². The molecule has 0 radical (unpaired) electrons. The van der Waals surface area contributed by atoms with Crippen molar-refractivity contribution in [3.63, 3.8) is 0 Å². The molecule has 0 atom stereocenters. The smallest absolute Gasteiger partial charge is 0.366 e. The zero-order valence-electron chi connectivity index (χ0n) is 6.83. The number of esters is 1. The Hall–Kier alpha value is -0.610. The van der Waals surface area contributed by atoms with Crippen molar-refractivity contribution < 1.29 is 19.7 Å². The lowest BCUT2D eigenvalue weighted by Crippen LogP contribution is -2.36. The summed E-state index contributed by atoms with van der Waals surface area (Å²) in [6.07, 6.45) is 1.64. The van der Waals surface area contributed by atoms with Crippen LogP contribution < -0.4 is 0 Å². The first-order valence-electron chi connectivity index (χ1n) is 3.60. The van der Waals surface area contributed by atoms with Gasteiger partial charge in [0.1, 0.15) is 0 Å². The minimum atomic E-state index is -2.35. The van der Waals surface area contributed by atoms with Gasteiger partial charge in [0, 0.05) is 6.92 Å². The van der Waals surface area contributed by atoms with Gasteiger partial charge in [-0.1, -0.05) is 13.3 Å². The van der Waals surface area contributed by atoms with Gasteiger partial charge in [0.15, 0.2) is 0 Å². The predicted octanol–water partition coefficient (Wildman–Crippen LogP) is 0.0305. The third-order valence-electron chi connectivity index (χ3n) is 1.12. The van der Waals surface area contributed by atoms with E-state index in [0.29, 0.717) is 0 Å². The van der Waals surface area contributed by atoms with Crippen LogP contribution in [0.5, 0.6) is 0 Å². The maximum absolute atomic E-state index is 10.6. The van der Waals surface area contributed by atoms with E-state index in [9.17, 15) is 4.79 Å². The van der Waals surface area contributed by atoms with Gasteiger partial charge in [-0.25, -0.2) is 4.79 Å². The first-order chi connectivity index (χ1) is 4.98. The highest BCUT2D eigenvalue weighted by Crippen LogP contribution is 2.00. The summed E-state index contributed by atoms with van der Waals surface area (Å²) in [5.41, 5.74) is 0. The van der Waals surface area contributed by atoms with E-state index in [-0.39, 0.29) is 6.61 Å². The lowest BCUT2D eigenvalue weighted by Gasteiger charge is -2.13. The third-order valence-corrected chi connectivity index (χ3v) is 1.12. The Morgan fingerprint density at radius 1 is 1.55 bits per heavy atom. The highest BCUT2D eigenvalue weighted by Gasteiger charge is 2.28. The molecule has 4 nitrogen and oxygen atoms in total. The number of hydrogen-bond acceptors (Lipinski definition) is 4. The second kappa shape index (κ2) is 4.31. The molecule has 0 aromatic rings. The first kappa shape index (κ1) is 10.4. The van der Waals surface area contributed by atoms with Crippen LogP contribution >= 0.6 is 0 Å². The molecule has 11 heavy (non-hydrogen) atoms. The van der Waals surface area contributed by atoms with Crippen LogP contribution in [0, 0.1) is 0 Å². The van der Waals surface area contributed by atoms with E-state index in [1.54, 1.807) is 0 Å². The van der Waals surface area contributed by atoms with Gasteiger partial charge in [0.2, 0.25) is 0 Å². The quantitative estimate of drug-likeness (QED) is 0.347. The molecule has 0 saturated carbocycles. The molecule has 0 aromatic carbocycles. The maximum Gasteiger partial charge on any atom is 0.366 e. The van der Waals surface area contributed by atoms with Crippen molar-refractivity contribution in [2.45, 2.75) is 32.5 Å². The number of hydrogen-bond donors (Lipinski definition) is 2. The average molecular weight is 162 g/mol. The van der Waals surface area contributed by atoms with Crippen molar-refractivity contribution in [3.05, 3.63) is 0 Å². The summed E-state index contributed by atoms with van der Waals surface area (Å²) in [6, 6.07) is 0. The van der Waals surface area contributed by atoms with Crippen LogP contribution in [0.15, 0.2) is 0 Å². The van der Waals surface area contributed by atoms with Crippen molar-refractivity contribution in [3.8, 4) is 0 Å². The van der Waals surface area contributed by atoms with E-state index in [1.807, 2.05) is 6.92 Å². The van der Waals surface area contributed by atoms with Gasteiger partial charge in [-0.15, -0.1) is 0 Å². The average Bonchev–Trinajstić information content (AvgIpc) is 1.86. The number of rotatable bonds is 4. The molecule has 0 spiro atoms. The molecular weight excluding hydrogens is 148 g/mol. The van der Waals surface area contributed by atoms with Crippen LogP contribution in [-0.4, -0.2) is 28.6 Å². The summed E-state index contributed by atoms with van der Waals surface area (Å²) in [5, 5.41) is 17.3. The van der Waals surface area contributed by atoms with Crippen LogP contribution in [0.4, 0.5) is 0 Å². The largest absolute Gasteiger partial charge is 0.462 e. The second-order valence-electron chi connectivity index (χ2n) is 2.51. The summed E-state index contributed by atoms with van der Waals surface area (Å²) >= 11 is 0. The van der Waals surface area contributed by atoms with E-state index in [1.165, 1.54) is 0 Å². The monoisotopic (exact) mass is 162 g/mol. The Labute approximate surface area is 65.8 Å². The van der Waals surface area contributed by atoms with Crippen LogP contribution in [0.1, 0.15) is 26.7 Å². The van der Waals surface area contributed by atoms with E-state index in [4.69, 9.17) is 10.2 Å². The highest BCUT2D eigenvalue weighted by molar-refractivity contribution is 5.76. The lowest BCUT2D eigenvalue weighted by molar-refractivity contribution is -0.203. The highest BCUT2D eigenvalue weighted by atomic mass is 16.6. The molecule has 66 valence electrons. The molecule has 0 heterocycles. The van der Waals surface area contributed by atoms with Crippen molar-refractivity contribution >= 4 is 5.97 Å². The van der Waals surface area contributed by atoms with Crippen LogP contribution in [0.3, 0.4) is 0 Å². The Balaban J connectivity index is 3.54. The van der Waals surface area contributed by atoms with Crippen molar-refractivity contribution in [1.29, 1.82) is 0 Å². The van der Waals surface area contributed by atoms with Gasteiger partial charge in [0.05, 0.1) is 6.61 Å². The van der Waals surface area contributed by atoms with Crippen LogP contribution in [0.2, 0.25) is 0 Å².